The third-order valence-electron chi connectivity index (χ3n) is 2.34. The van der Waals surface area contributed by atoms with E-state index >= 15 is 0 Å². The molecule has 4 nitrogen and oxygen atoms in total. The van der Waals surface area contributed by atoms with Crippen LogP contribution in [-0.2, 0) is 6.54 Å². The lowest BCUT2D eigenvalue weighted by Crippen LogP contribution is -2.14. The van der Waals surface area contributed by atoms with Crippen molar-refractivity contribution in [2.24, 2.45) is 0 Å². The van der Waals surface area contributed by atoms with E-state index in [1.54, 1.807) is 10.8 Å². The van der Waals surface area contributed by atoms with Gasteiger partial charge in [0.2, 0.25) is 0 Å². The first kappa shape index (κ1) is 13.1. The molecule has 0 saturated carbocycles. The van der Waals surface area contributed by atoms with E-state index in [1.165, 1.54) is 6.07 Å². The van der Waals surface area contributed by atoms with Crippen LogP contribution >= 0.6 is 11.6 Å². The molecule has 1 N–H and O–H groups in total. The van der Waals surface area contributed by atoms with Crippen LogP contribution in [0.1, 0.15) is 23.3 Å². The smallest absolute Gasteiger partial charge is 0.352 e. The van der Waals surface area contributed by atoms with Gasteiger partial charge in [0.25, 0.3) is 0 Å². The molecule has 0 bridgehead atoms. The normalized spacial score (nSPS) is 11.0. The van der Waals surface area contributed by atoms with Crippen molar-refractivity contribution in [1.29, 1.82) is 0 Å². The van der Waals surface area contributed by atoms with Gasteiger partial charge in [-0.15, -0.1) is 0 Å². The van der Waals surface area contributed by atoms with Crippen LogP contribution in [0.15, 0.2) is 12.3 Å². The minimum atomic E-state index is -0.931. The lowest BCUT2D eigenvalue weighted by Gasteiger charge is -2.10. The minimum absolute atomic E-state index is 0.259. The molecule has 90 valence electrons. The number of hydrogen-bond donors (Lipinski definition) is 1. The fourth-order valence-electron chi connectivity index (χ4n) is 1.55. The van der Waals surface area contributed by atoms with Crippen molar-refractivity contribution in [2.45, 2.75) is 19.4 Å². The number of rotatable bonds is 6. The van der Waals surface area contributed by atoms with Gasteiger partial charge in [0.05, 0.1) is 5.02 Å². The molecular weight excluding hydrogens is 228 g/mol. The number of aryl methyl sites for hydroxylation is 1. The molecule has 0 unspecified atom stereocenters. The average Bonchev–Trinajstić information content (AvgIpc) is 2.54. The van der Waals surface area contributed by atoms with Gasteiger partial charge in [0.1, 0.15) is 5.69 Å². The topological polar surface area (TPSA) is 45.5 Å². The molecule has 1 aromatic rings. The number of aromatic nitrogens is 1. The number of carboxylic acids is 1. The van der Waals surface area contributed by atoms with E-state index in [-0.39, 0.29) is 5.69 Å². The third kappa shape index (κ3) is 3.87. The molecule has 1 rings (SSSR count). The number of hydrogen-bond acceptors (Lipinski definition) is 2. The molecular formula is C11H17ClN2O2. The van der Waals surface area contributed by atoms with Crippen molar-refractivity contribution in [1.82, 2.24) is 9.47 Å². The summed E-state index contributed by atoms with van der Waals surface area (Å²) in [4.78, 5) is 13.0. The molecule has 5 heteroatoms. The second-order valence-corrected chi connectivity index (χ2v) is 4.49. The monoisotopic (exact) mass is 244 g/mol. The Labute approximate surface area is 100 Å². The van der Waals surface area contributed by atoms with Gasteiger partial charge in [-0.3, -0.25) is 0 Å². The molecule has 0 spiro atoms. The van der Waals surface area contributed by atoms with E-state index in [0.717, 1.165) is 19.4 Å². The summed E-state index contributed by atoms with van der Waals surface area (Å²) in [6.45, 7) is 1.71. The fourth-order valence-corrected chi connectivity index (χ4v) is 1.77. The average molecular weight is 245 g/mol. The Morgan fingerprint density at radius 2 is 2.19 bits per heavy atom. The van der Waals surface area contributed by atoms with Gasteiger partial charge < -0.3 is 14.6 Å². The lowest BCUT2D eigenvalue weighted by atomic mass is 10.3. The minimum Gasteiger partial charge on any atom is -0.477 e. The standard InChI is InChI=1S/C11H17ClN2O2/c1-13(2)5-3-4-6-14-8-9(12)7-10(14)11(15)16/h7-8H,3-6H2,1-2H3,(H,15,16). The van der Waals surface area contributed by atoms with Gasteiger partial charge in [-0.2, -0.15) is 0 Å². The van der Waals surface area contributed by atoms with Crippen molar-refractivity contribution in [3.8, 4) is 0 Å². The summed E-state index contributed by atoms with van der Waals surface area (Å²) in [7, 11) is 4.05. The Kier molecular flexibility index (Phi) is 4.83. The summed E-state index contributed by atoms with van der Waals surface area (Å²) in [5, 5.41) is 9.41. The zero-order chi connectivity index (χ0) is 12.1. The SMILES string of the molecule is CN(C)CCCCn1cc(Cl)cc1C(=O)O. The van der Waals surface area contributed by atoms with Gasteiger partial charge in [-0.05, 0) is 39.5 Å². The summed E-state index contributed by atoms with van der Waals surface area (Å²) in [6, 6.07) is 1.48. The van der Waals surface area contributed by atoms with Gasteiger partial charge in [-0.25, -0.2) is 4.79 Å². The predicted octanol–water partition coefficient (Wildman–Crippen LogP) is 2.18. The van der Waals surface area contributed by atoms with Crippen LogP contribution in [0.5, 0.6) is 0 Å². The molecule has 1 aromatic heterocycles. The number of unbranched alkanes of at least 4 members (excludes halogenated alkanes) is 1. The fraction of sp³-hybridized carbons (Fsp3) is 0.545. The van der Waals surface area contributed by atoms with Crippen molar-refractivity contribution in [2.75, 3.05) is 20.6 Å². The molecule has 0 aromatic carbocycles. The van der Waals surface area contributed by atoms with Crippen LogP contribution in [0.2, 0.25) is 5.02 Å². The molecule has 0 fully saturated rings. The second-order valence-electron chi connectivity index (χ2n) is 4.05. The van der Waals surface area contributed by atoms with Crippen LogP contribution in [0, 0.1) is 0 Å². The molecule has 16 heavy (non-hydrogen) atoms. The van der Waals surface area contributed by atoms with Crippen LogP contribution < -0.4 is 0 Å². The van der Waals surface area contributed by atoms with Crippen molar-refractivity contribution in [3.05, 3.63) is 23.0 Å². The van der Waals surface area contributed by atoms with Crippen molar-refractivity contribution >= 4 is 17.6 Å². The molecule has 0 amide bonds. The number of carboxylic acid groups (broad SMARTS) is 1. The van der Waals surface area contributed by atoms with Gasteiger partial charge in [-0.1, -0.05) is 11.6 Å². The Bertz CT molecular complexity index is 361. The zero-order valence-electron chi connectivity index (χ0n) is 9.61. The Morgan fingerprint density at radius 1 is 1.50 bits per heavy atom. The van der Waals surface area contributed by atoms with Crippen molar-refractivity contribution < 1.29 is 9.90 Å². The second kappa shape index (κ2) is 5.92. The van der Waals surface area contributed by atoms with E-state index in [1.807, 2.05) is 14.1 Å². The summed E-state index contributed by atoms with van der Waals surface area (Å²) in [5.74, 6) is -0.931. The van der Waals surface area contributed by atoms with E-state index in [9.17, 15) is 4.79 Å². The maximum absolute atomic E-state index is 10.9. The Balaban J connectivity index is 2.50. The van der Waals surface area contributed by atoms with Crippen LogP contribution in [0.3, 0.4) is 0 Å². The van der Waals surface area contributed by atoms with E-state index in [2.05, 4.69) is 4.90 Å². The number of carbonyl (C=O) groups is 1. The molecule has 0 aliphatic rings. The highest BCUT2D eigenvalue weighted by molar-refractivity contribution is 6.30. The van der Waals surface area contributed by atoms with Crippen LogP contribution in [0.25, 0.3) is 0 Å². The van der Waals surface area contributed by atoms with Crippen LogP contribution in [-0.4, -0.2) is 41.2 Å². The summed E-state index contributed by atoms with van der Waals surface area (Å²) >= 11 is 5.78. The van der Waals surface area contributed by atoms with Gasteiger partial charge >= 0.3 is 5.97 Å². The molecule has 1 heterocycles. The highest BCUT2D eigenvalue weighted by Gasteiger charge is 2.10. The third-order valence-corrected chi connectivity index (χ3v) is 2.54. The summed E-state index contributed by atoms with van der Waals surface area (Å²) < 4.78 is 1.69. The van der Waals surface area contributed by atoms with Crippen LogP contribution in [0.4, 0.5) is 0 Å². The summed E-state index contributed by atoms with van der Waals surface area (Å²) in [5.41, 5.74) is 0.259. The van der Waals surface area contributed by atoms with Gasteiger partial charge in [0.15, 0.2) is 0 Å². The quantitative estimate of drug-likeness (QED) is 0.781. The Morgan fingerprint density at radius 3 is 2.75 bits per heavy atom. The molecule has 0 saturated heterocycles. The highest BCUT2D eigenvalue weighted by atomic mass is 35.5. The first-order valence-electron chi connectivity index (χ1n) is 5.24. The summed E-state index contributed by atoms with van der Waals surface area (Å²) in [6.07, 6.45) is 3.66. The molecule has 0 aliphatic heterocycles. The first-order chi connectivity index (χ1) is 7.50. The molecule has 0 atom stereocenters. The van der Waals surface area contributed by atoms with Gasteiger partial charge in [0, 0.05) is 12.7 Å². The number of halogens is 1. The van der Waals surface area contributed by atoms with E-state index < -0.39 is 5.97 Å². The lowest BCUT2D eigenvalue weighted by molar-refractivity contribution is 0.0685. The maximum Gasteiger partial charge on any atom is 0.352 e. The largest absolute Gasteiger partial charge is 0.477 e. The number of nitrogens with zero attached hydrogens (tertiary/aromatic N) is 2. The Hall–Kier alpha value is -1.00. The van der Waals surface area contributed by atoms with Crippen molar-refractivity contribution in [3.63, 3.8) is 0 Å². The predicted molar refractivity (Wildman–Crippen MR) is 64.2 cm³/mol. The zero-order valence-corrected chi connectivity index (χ0v) is 10.4. The first-order valence-corrected chi connectivity index (χ1v) is 5.62. The van der Waals surface area contributed by atoms with E-state index in [4.69, 9.17) is 16.7 Å². The molecule has 0 aliphatic carbocycles. The molecule has 0 radical (unpaired) electrons. The van der Waals surface area contributed by atoms with E-state index in [0.29, 0.717) is 11.6 Å². The number of aromatic carboxylic acids is 1. The maximum atomic E-state index is 10.9. The highest BCUT2D eigenvalue weighted by Crippen LogP contribution is 2.15.